The molecule has 2 aromatic rings. The Morgan fingerprint density at radius 1 is 1.05 bits per heavy atom. The third-order valence-corrected chi connectivity index (χ3v) is 4.36. The van der Waals surface area contributed by atoms with E-state index in [0.29, 0.717) is 26.9 Å². The van der Waals surface area contributed by atoms with Crippen LogP contribution < -0.4 is 4.90 Å². The van der Waals surface area contributed by atoms with Crippen LogP contribution in [-0.2, 0) is 0 Å². The van der Waals surface area contributed by atoms with Crippen molar-refractivity contribution in [2.24, 2.45) is 0 Å². The van der Waals surface area contributed by atoms with E-state index in [-0.39, 0.29) is 0 Å². The number of nitrogens with zero attached hydrogens (tertiary/aromatic N) is 3. The fourth-order valence-corrected chi connectivity index (χ4v) is 3.59. The maximum atomic E-state index is 5.93. The predicted octanol–water partition coefficient (Wildman–Crippen LogP) is 5.21. The number of hydrogen-bond acceptors (Lipinski definition) is 5. The van der Waals surface area contributed by atoms with Gasteiger partial charge < -0.3 is 4.90 Å². The summed E-state index contributed by atoms with van der Waals surface area (Å²) in [7, 11) is 0. The average molecular weight is 340 g/mol. The third kappa shape index (κ3) is 3.99. The lowest BCUT2D eigenvalue weighted by Gasteiger charge is -2.31. The summed E-state index contributed by atoms with van der Waals surface area (Å²) in [6, 6.07) is 8.20. The maximum absolute atomic E-state index is 5.93. The van der Waals surface area contributed by atoms with Crippen LogP contribution in [0.2, 0.25) is 5.02 Å². The molecule has 0 aliphatic heterocycles. The van der Waals surface area contributed by atoms with E-state index in [1.807, 2.05) is 24.3 Å². The molecule has 0 fully saturated rings. The number of hydrogen-bond donors (Lipinski definition) is 0. The highest BCUT2D eigenvalue weighted by atomic mass is 35.5. The highest BCUT2D eigenvalue weighted by Gasteiger charge is 2.18. The van der Waals surface area contributed by atoms with E-state index in [9.17, 15) is 0 Å². The molecule has 0 spiro atoms. The van der Waals surface area contributed by atoms with E-state index >= 15 is 0 Å². The van der Waals surface area contributed by atoms with Gasteiger partial charge in [-0.1, -0.05) is 22.9 Å². The molecule has 0 aliphatic rings. The highest BCUT2D eigenvalue weighted by molar-refractivity contribution is 7.73. The predicted molar refractivity (Wildman–Crippen MR) is 93.9 cm³/mol. The van der Waals surface area contributed by atoms with Crippen molar-refractivity contribution in [2.45, 2.75) is 39.8 Å². The van der Waals surface area contributed by atoms with Crippen LogP contribution in [-0.4, -0.2) is 22.1 Å². The summed E-state index contributed by atoms with van der Waals surface area (Å²) in [5.74, 6) is 0.650. The van der Waals surface area contributed by atoms with Crippen molar-refractivity contribution < 1.29 is 0 Å². The molecule has 1 heterocycles. The summed E-state index contributed by atoms with van der Waals surface area (Å²) in [6.45, 7) is 8.61. The molecule has 0 atom stereocenters. The Morgan fingerprint density at radius 2 is 1.62 bits per heavy atom. The van der Waals surface area contributed by atoms with Gasteiger partial charge in [-0.05, 0) is 64.2 Å². The maximum Gasteiger partial charge on any atom is 0.190 e. The molecule has 0 bridgehead atoms. The van der Waals surface area contributed by atoms with Gasteiger partial charge in [-0.3, -0.25) is 0 Å². The van der Waals surface area contributed by atoms with E-state index in [1.165, 1.54) is 11.3 Å². The minimum absolute atomic E-state index is 0.351. The van der Waals surface area contributed by atoms with Crippen molar-refractivity contribution in [2.75, 3.05) is 4.90 Å². The van der Waals surface area contributed by atoms with E-state index in [2.05, 4.69) is 37.6 Å². The van der Waals surface area contributed by atoms with Gasteiger partial charge in [0.2, 0.25) is 0 Å². The Balaban J connectivity index is 2.51. The van der Waals surface area contributed by atoms with Crippen molar-refractivity contribution in [1.82, 2.24) is 9.97 Å². The van der Waals surface area contributed by atoms with Gasteiger partial charge in [-0.2, -0.15) is 0 Å². The summed E-state index contributed by atoms with van der Waals surface area (Å²) in [5.41, 5.74) is 0.923. The first-order chi connectivity index (χ1) is 9.88. The van der Waals surface area contributed by atoms with E-state index in [0.717, 1.165) is 10.7 Å². The molecule has 2 rings (SSSR count). The minimum atomic E-state index is 0.351. The summed E-state index contributed by atoms with van der Waals surface area (Å²) < 4.78 is 0.594. The Bertz CT molecular complexity index is 657. The first kappa shape index (κ1) is 16.3. The molecule has 0 N–H and O–H groups in total. The van der Waals surface area contributed by atoms with Crippen LogP contribution in [0.15, 0.2) is 24.3 Å². The zero-order valence-electron chi connectivity index (χ0n) is 12.5. The number of rotatable bonds is 4. The second-order valence-corrected chi connectivity index (χ2v) is 7.34. The molecule has 0 aliphatic carbocycles. The Labute approximate surface area is 139 Å². The molecule has 21 heavy (non-hydrogen) atoms. The van der Waals surface area contributed by atoms with Crippen molar-refractivity contribution in [1.29, 1.82) is 0 Å². The van der Waals surface area contributed by atoms with Gasteiger partial charge in [-0.25, -0.2) is 9.97 Å². The molecule has 0 saturated carbocycles. The second kappa shape index (κ2) is 6.81. The second-order valence-electron chi connectivity index (χ2n) is 5.30. The van der Waals surface area contributed by atoms with E-state index in [1.54, 1.807) is 0 Å². The van der Waals surface area contributed by atoms with Crippen LogP contribution >= 0.6 is 35.2 Å². The van der Waals surface area contributed by atoms with Gasteiger partial charge in [-0.15, -0.1) is 0 Å². The summed E-state index contributed by atoms with van der Waals surface area (Å²) in [6.07, 6.45) is 0. The van der Waals surface area contributed by atoms with Crippen molar-refractivity contribution in [3.63, 3.8) is 0 Å². The van der Waals surface area contributed by atoms with Gasteiger partial charge in [0.15, 0.2) is 14.9 Å². The van der Waals surface area contributed by atoms with Crippen LogP contribution in [0, 0.1) is 3.95 Å². The molecule has 6 heteroatoms. The van der Waals surface area contributed by atoms with E-state index < -0.39 is 0 Å². The van der Waals surface area contributed by atoms with Crippen molar-refractivity contribution in [3.05, 3.63) is 33.2 Å². The third-order valence-electron chi connectivity index (χ3n) is 3.01. The first-order valence-corrected chi connectivity index (χ1v) is 8.42. The lowest BCUT2D eigenvalue weighted by molar-refractivity contribution is 0.605. The SMILES string of the molecule is CC(C)N(c1nc(-c2ccc(Cl)cc2)nc(=S)s1)C(C)C. The van der Waals surface area contributed by atoms with Crippen molar-refractivity contribution >= 4 is 40.3 Å². The van der Waals surface area contributed by atoms with Gasteiger partial charge in [0.1, 0.15) is 0 Å². The number of benzene rings is 1. The summed E-state index contributed by atoms with van der Waals surface area (Å²) >= 11 is 12.7. The number of anilines is 1. The van der Waals surface area contributed by atoms with Gasteiger partial charge in [0.05, 0.1) is 0 Å². The fraction of sp³-hybridized carbons (Fsp3) is 0.400. The van der Waals surface area contributed by atoms with Crippen LogP contribution in [0.1, 0.15) is 27.7 Å². The molecule has 0 amide bonds. The van der Waals surface area contributed by atoms with Crippen molar-refractivity contribution in [3.8, 4) is 11.4 Å². The zero-order valence-corrected chi connectivity index (χ0v) is 14.9. The molecule has 0 radical (unpaired) electrons. The smallest absolute Gasteiger partial charge is 0.190 e. The molecular weight excluding hydrogens is 322 g/mol. The topological polar surface area (TPSA) is 29.0 Å². The number of aromatic nitrogens is 2. The Hall–Kier alpha value is -1.04. The molecule has 112 valence electrons. The van der Waals surface area contributed by atoms with Crippen LogP contribution in [0.5, 0.6) is 0 Å². The molecule has 3 nitrogen and oxygen atoms in total. The zero-order chi connectivity index (χ0) is 15.6. The Morgan fingerprint density at radius 3 is 2.14 bits per heavy atom. The summed E-state index contributed by atoms with van der Waals surface area (Å²) in [4.78, 5) is 11.3. The number of halogens is 1. The quantitative estimate of drug-likeness (QED) is 0.715. The molecule has 0 saturated heterocycles. The Kier molecular flexibility index (Phi) is 5.30. The molecule has 1 aromatic heterocycles. The van der Waals surface area contributed by atoms with Gasteiger partial charge in [0, 0.05) is 22.7 Å². The summed E-state index contributed by atoms with van der Waals surface area (Å²) in [5, 5.41) is 1.60. The van der Waals surface area contributed by atoms with Crippen LogP contribution in [0.4, 0.5) is 5.13 Å². The molecular formula is C15H18ClN3S2. The van der Waals surface area contributed by atoms with E-state index in [4.69, 9.17) is 28.8 Å². The molecule has 0 unspecified atom stereocenters. The standard InChI is InChI=1S/C15H18ClN3S2/c1-9(2)19(10(3)4)14-17-13(18-15(20)21-14)11-5-7-12(16)8-6-11/h5-10H,1-4H3. The lowest BCUT2D eigenvalue weighted by atomic mass is 10.2. The first-order valence-electron chi connectivity index (χ1n) is 6.82. The monoisotopic (exact) mass is 339 g/mol. The minimum Gasteiger partial charge on any atom is -0.343 e. The average Bonchev–Trinajstić information content (AvgIpc) is 2.37. The van der Waals surface area contributed by atoms with Gasteiger partial charge >= 0.3 is 0 Å². The van der Waals surface area contributed by atoms with Crippen LogP contribution in [0.3, 0.4) is 0 Å². The van der Waals surface area contributed by atoms with Gasteiger partial charge in [0.25, 0.3) is 0 Å². The van der Waals surface area contributed by atoms with Crippen LogP contribution in [0.25, 0.3) is 11.4 Å². The normalized spacial score (nSPS) is 11.2. The lowest BCUT2D eigenvalue weighted by Crippen LogP contribution is -2.37. The largest absolute Gasteiger partial charge is 0.343 e. The fourth-order valence-electron chi connectivity index (χ4n) is 2.20. The highest BCUT2D eigenvalue weighted by Crippen LogP contribution is 2.26. The molecule has 1 aromatic carbocycles.